The zero-order valence-corrected chi connectivity index (χ0v) is 8.89. The molecule has 0 amide bonds. The lowest BCUT2D eigenvalue weighted by atomic mass is 10.0. The highest BCUT2D eigenvalue weighted by Crippen LogP contribution is 2.37. The number of rotatable bonds is 3. The molecule has 2 heterocycles. The minimum atomic E-state index is 0.392. The molecule has 1 saturated carbocycles. The molecule has 0 saturated heterocycles. The lowest BCUT2D eigenvalue weighted by molar-refractivity contribution is 0.426. The van der Waals surface area contributed by atoms with Crippen LogP contribution in [-0.4, -0.2) is 10.1 Å². The number of nitrogens with zero attached hydrogens (tertiary/aromatic N) is 2. The number of aromatic nitrogens is 2. The minimum absolute atomic E-state index is 0.392. The molecule has 2 aromatic heterocycles. The van der Waals surface area contributed by atoms with E-state index in [-0.39, 0.29) is 0 Å². The van der Waals surface area contributed by atoms with Gasteiger partial charge >= 0.3 is 0 Å². The highest BCUT2D eigenvalue weighted by molar-refractivity contribution is 5.74. The van der Waals surface area contributed by atoms with Gasteiger partial charge in [-0.2, -0.15) is 0 Å². The largest absolute Gasteiger partial charge is 0.367 e. The van der Waals surface area contributed by atoms with Crippen molar-refractivity contribution in [3.63, 3.8) is 0 Å². The van der Waals surface area contributed by atoms with Gasteiger partial charge in [0, 0.05) is 18.0 Å². The standard InChI is InChI=1S/C12H13N3O/c13-12-11(9-2-1-5-14-7-9)10(15-16-12)6-8-3-4-8/h1-2,5,7-8H,3-4,6,13H2. The smallest absolute Gasteiger partial charge is 0.230 e. The fourth-order valence-electron chi connectivity index (χ4n) is 1.89. The van der Waals surface area contributed by atoms with Crippen molar-refractivity contribution in [3.8, 4) is 11.1 Å². The van der Waals surface area contributed by atoms with Gasteiger partial charge in [0.1, 0.15) is 0 Å². The molecule has 0 radical (unpaired) electrons. The Kier molecular flexibility index (Phi) is 2.13. The van der Waals surface area contributed by atoms with Crippen molar-refractivity contribution in [3.05, 3.63) is 30.2 Å². The first-order chi connectivity index (χ1) is 7.84. The van der Waals surface area contributed by atoms with Crippen LogP contribution in [0.1, 0.15) is 18.5 Å². The monoisotopic (exact) mass is 215 g/mol. The van der Waals surface area contributed by atoms with Gasteiger partial charge in [-0.15, -0.1) is 0 Å². The van der Waals surface area contributed by atoms with Crippen molar-refractivity contribution in [2.45, 2.75) is 19.3 Å². The molecule has 82 valence electrons. The second-order valence-corrected chi connectivity index (χ2v) is 4.26. The normalized spacial score (nSPS) is 15.2. The Morgan fingerprint density at radius 3 is 3.00 bits per heavy atom. The van der Waals surface area contributed by atoms with E-state index in [1.54, 1.807) is 12.4 Å². The average molecular weight is 215 g/mol. The molecule has 2 aromatic rings. The van der Waals surface area contributed by atoms with Crippen LogP contribution >= 0.6 is 0 Å². The molecule has 0 spiro atoms. The molecule has 1 aliphatic rings. The Bertz CT molecular complexity index is 488. The summed E-state index contributed by atoms with van der Waals surface area (Å²) >= 11 is 0. The molecule has 0 atom stereocenters. The first-order valence-corrected chi connectivity index (χ1v) is 5.49. The molecule has 1 aliphatic carbocycles. The van der Waals surface area contributed by atoms with Gasteiger partial charge in [0.25, 0.3) is 0 Å². The number of nitrogen functional groups attached to an aromatic ring is 1. The third-order valence-corrected chi connectivity index (χ3v) is 2.92. The molecular formula is C12H13N3O. The number of hydrogen-bond donors (Lipinski definition) is 1. The van der Waals surface area contributed by atoms with Gasteiger partial charge in [0.05, 0.1) is 11.3 Å². The number of pyridine rings is 1. The molecule has 0 aromatic carbocycles. The average Bonchev–Trinajstić information content (AvgIpc) is 3.04. The predicted octanol–water partition coefficient (Wildman–Crippen LogP) is 2.27. The fourth-order valence-corrected chi connectivity index (χ4v) is 1.89. The fraction of sp³-hybridized carbons (Fsp3) is 0.333. The second kappa shape index (κ2) is 3.63. The maximum Gasteiger partial charge on any atom is 0.230 e. The summed E-state index contributed by atoms with van der Waals surface area (Å²) in [5, 5.41) is 4.04. The highest BCUT2D eigenvalue weighted by atomic mass is 16.5. The second-order valence-electron chi connectivity index (χ2n) is 4.26. The van der Waals surface area contributed by atoms with E-state index in [0.29, 0.717) is 5.88 Å². The van der Waals surface area contributed by atoms with Crippen LogP contribution in [0.3, 0.4) is 0 Å². The summed E-state index contributed by atoms with van der Waals surface area (Å²) in [6.45, 7) is 0. The van der Waals surface area contributed by atoms with Gasteiger partial charge in [-0.25, -0.2) is 0 Å². The zero-order valence-electron chi connectivity index (χ0n) is 8.89. The predicted molar refractivity (Wildman–Crippen MR) is 60.6 cm³/mol. The maximum atomic E-state index is 5.81. The quantitative estimate of drug-likeness (QED) is 0.853. The summed E-state index contributed by atoms with van der Waals surface area (Å²) in [7, 11) is 0. The van der Waals surface area contributed by atoms with E-state index in [4.69, 9.17) is 10.3 Å². The lowest BCUT2D eigenvalue weighted by Gasteiger charge is -2.00. The molecule has 0 aliphatic heterocycles. The number of nitrogens with two attached hydrogens (primary N) is 1. The molecular weight excluding hydrogens is 202 g/mol. The maximum absolute atomic E-state index is 5.81. The van der Waals surface area contributed by atoms with Crippen LogP contribution in [-0.2, 0) is 6.42 Å². The summed E-state index contributed by atoms with van der Waals surface area (Å²) < 4.78 is 5.08. The van der Waals surface area contributed by atoms with E-state index in [1.807, 2.05) is 12.1 Å². The van der Waals surface area contributed by atoms with E-state index in [0.717, 1.165) is 29.2 Å². The third-order valence-electron chi connectivity index (χ3n) is 2.92. The van der Waals surface area contributed by atoms with Gasteiger partial charge in [-0.3, -0.25) is 4.98 Å². The van der Waals surface area contributed by atoms with E-state index < -0.39 is 0 Å². The highest BCUT2D eigenvalue weighted by Gasteiger charge is 2.26. The Morgan fingerprint density at radius 2 is 2.31 bits per heavy atom. The van der Waals surface area contributed by atoms with Crippen LogP contribution in [0.4, 0.5) is 5.88 Å². The lowest BCUT2D eigenvalue weighted by Crippen LogP contribution is -1.93. The molecule has 1 fully saturated rings. The molecule has 4 nitrogen and oxygen atoms in total. The molecule has 4 heteroatoms. The Hall–Kier alpha value is -1.84. The van der Waals surface area contributed by atoms with Gasteiger partial charge in [-0.1, -0.05) is 11.2 Å². The summed E-state index contributed by atoms with van der Waals surface area (Å²) in [5.74, 6) is 1.16. The molecule has 3 rings (SSSR count). The van der Waals surface area contributed by atoms with Crippen molar-refractivity contribution in [1.82, 2.24) is 10.1 Å². The topological polar surface area (TPSA) is 64.9 Å². The summed E-state index contributed by atoms with van der Waals surface area (Å²) in [6, 6.07) is 3.87. The summed E-state index contributed by atoms with van der Waals surface area (Å²) in [6.07, 6.45) is 7.08. The summed E-state index contributed by atoms with van der Waals surface area (Å²) in [5.41, 5.74) is 8.68. The first-order valence-electron chi connectivity index (χ1n) is 5.49. The minimum Gasteiger partial charge on any atom is -0.367 e. The van der Waals surface area contributed by atoms with E-state index in [1.165, 1.54) is 12.8 Å². The molecule has 0 unspecified atom stereocenters. The van der Waals surface area contributed by atoms with E-state index >= 15 is 0 Å². The Morgan fingerprint density at radius 1 is 1.44 bits per heavy atom. The van der Waals surface area contributed by atoms with Crippen molar-refractivity contribution in [2.75, 3.05) is 5.73 Å². The van der Waals surface area contributed by atoms with Crippen LogP contribution in [0, 0.1) is 5.92 Å². The van der Waals surface area contributed by atoms with Crippen LogP contribution in [0.15, 0.2) is 29.0 Å². The van der Waals surface area contributed by atoms with Gasteiger partial charge in [0.15, 0.2) is 0 Å². The Balaban J connectivity index is 2.01. The number of hydrogen-bond acceptors (Lipinski definition) is 4. The Labute approximate surface area is 93.5 Å². The van der Waals surface area contributed by atoms with E-state index in [9.17, 15) is 0 Å². The SMILES string of the molecule is Nc1onc(CC2CC2)c1-c1cccnc1. The molecule has 0 bridgehead atoms. The third kappa shape index (κ3) is 1.66. The van der Waals surface area contributed by atoms with Crippen molar-refractivity contribution < 1.29 is 4.52 Å². The van der Waals surface area contributed by atoms with Crippen molar-refractivity contribution in [1.29, 1.82) is 0 Å². The van der Waals surface area contributed by atoms with Crippen LogP contribution in [0.25, 0.3) is 11.1 Å². The number of anilines is 1. The van der Waals surface area contributed by atoms with Gasteiger partial charge in [-0.05, 0) is 31.2 Å². The van der Waals surface area contributed by atoms with Crippen molar-refractivity contribution in [2.24, 2.45) is 5.92 Å². The van der Waals surface area contributed by atoms with E-state index in [2.05, 4.69) is 10.1 Å². The van der Waals surface area contributed by atoms with Crippen molar-refractivity contribution >= 4 is 5.88 Å². The first kappa shape index (κ1) is 9.39. The van der Waals surface area contributed by atoms with Crippen LogP contribution < -0.4 is 5.73 Å². The molecule has 16 heavy (non-hydrogen) atoms. The van der Waals surface area contributed by atoms with Crippen LogP contribution in [0.5, 0.6) is 0 Å². The van der Waals surface area contributed by atoms with Crippen LogP contribution in [0.2, 0.25) is 0 Å². The zero-order chi connectivity index (χ0) is 11.0. The van der Waals surface area contributed by atoms with Gasteiger partial charge < -0.3 is 10.3 Å². The van der Waals surface area contributed by atoms with Gasteiger partial charge in [0.2, 0.25) is 5.88 Å². The summed E-state index contributed by atoms with van der Waals surface area (Å²) in [4.78, 5) is 4.09. The molecule has 2 N–H and O–H groups in total.